The van der Waals surface area contributed by atoms with Crippen LogP contribution in [-0.4, -0.2) is 38.8 Å². The van der Waals surface area contributed by atoms with E-state index >= 15 is 0 Å². The highest BCUT2D eigenvalue weighted by molar-refractivity contribution is 7.89. The van der Waals surface area contributed by atoms with Crippen molar-refractivity contribution < 1.29 is 31.1 Å². The van der Waals surface area contributed by atoms with E-state index in [-0.39, 0.29) is 31.0 Å². The van der Waals surface area contributed by atoms with E-state index in [2.05, 4.69) is 5.32 Å². The summed E-state index contributed by atoms with van der Waals surface area (Å²) >= 11 is 0. The summed E-state index contributed by atoms with van der Waals surface area (Å²) in [5, 5.41) is 3.03. The smallest absolute Gasteiger partial charge is 0.416 e. The van der Waals surface area contributed by atoms with Gasteiger partial charge in [-0.25, -0.2) is 8.42 Å². The van der Waals surface area contributed by atoms with E-state index in [9.17, 15) is 26.4 Å². The summed E-state index contributed by atoms with van der Waals surface area (Å²) < 4.78 is 70.9. The third-order valence-electron chi connectivity index (χ3n) is 5.87. The molecule has 33 heavy (non-hydrogen) atoms. The summed E-state index contributed by atoms with van der Waals surface area (Å²) in [6.45, 7) is 2.09. The van der Waals surface area contributed by atoms with Gasteiger partial charge in [0.2, 0.25) is 15.9 Å². The van der Waals surface area contributed by atoms with E-state index < -0.39 is 26.7 Å². The Morgan fingerprint density at radius 3 is 2.33 bits per heavy atom. The molecular weight excluding hydrogens is 457 g/mol. The predicted molar refractivity (Wildman–Crippen MR) is 117 cm³/mol. The summed E-state index contributed by atoms with van der Waals surface area (Å²) in [7, 11) is -2.50. The van der Waals surface area contributed by atoms with Gasteiger partial charge in [-0.05, 0) is 55.2 Å². The SMILES string of the molecule is CCC(NC(=O)C1CCN(S(=O)(=O)c2cccc(C(F)(F)F)c2)CC1)c1ccc(OC)cc1. The van der Waals surface area contributed by atoms with Crippen LogP contribution in [0, 0.1) is 5.92 Å². The van der Waals surface area contributed by atoms with E-state index in [0.29, 0.717) is 31.1 Å². The lowest BCUT2D eigenvalue weighted by Crippen LogP contribution is -2.43. The van der Waals surface area contributed by atoms with Crippen molar-refractivity contribution in [3.63, 3.8) is 0 Å². The van der Waals surface area contributed by atoms with Crippen LogP contribution in [0.4, 0.5) is 13.2 Å². The van der Waals surface area contributed by atoms with Gasteiger partial charge in [0.25, 0.3) is 0 Å². The maximum absolute atomic E-state index is 13.0. The molecule has 2 aromatic carbocycles. The summed E-state index contributed by atoms with van der Waals surface area (Å²) in [5.74, 6) is 0.188. The zero-order valence-corrected chi connectivity index (χ0v) is 19.2. The molecule has 1 atom stereocenters. The molecule has 180 valence electrons. The first-order valence-electron chi connectivity index (χ1n) is 10.7. The quantitative estimate of drug-likeness (QED) is 0.633. The van der Waals surface area contributed by atoms with Gasteiger partial charge in [0.1, 0.15) is 5.75 Å². The second-order valence-electron chi connectivity index (χ2n) is 7.95. The van der Waals surface area contributed by atoms with E-state index in [4.69, 9.17) is 4.74 Å². The van der Waals surface area contributed by atoms with Crippen molar-refractivity contribution in [3.05, 3.63) is 59.7 Å². The number of piperidine rings is 1. The Balaban J connectivity index is 1.63. The number of hydrogen-bond donors (Lipinski definition) is 1. The van der Waals surface area contributed by atoms with Crippen molar-refractivity contribution >= 4 is 15.9 Å². The van der Waals surface area contributed by atoms with E-state index in [0.717, 1.165) is 28.1 Å². The number of nitrogens with one attached hydrogen (secondary N) is 1. The summed E-state index contributed by atoms with van der Waals surface area (Å²) in [6, 6.07) is 11.0. The molecule has 1 fully saturated rings. The number of alkyl halides is 3. The van der Waals surface area contributed by atoms with Crippen molar-refractivity contribution in [2.45, 2.75) is 43.3 Å². The van der Waals surface area contributed by atoms with Crippen LogP contribution in [0.5, 0.6) is 5.75 Å². The normalized spacial score (nSPS) is 16.9. The Bertz CT molecular complexity index is 1060. The highest BCUT2D eigenvalue weighted by atomic mass is 32.2. The van der Waals surface area contributed by atoms with E-state index in [1.807, 2.05) is 31.2 Å². The van der Waals surface area contributed by atoms with Crippen LogP contribution in [0.3, 0.4) is 0 Å². The second-order valence-corrected chi connectivity index (χ2v) is 9.88. The maximum atomic E-state index is 13.0. The number of nitrogens with zero attached hydrogens (tertiary/aromatic N) is 1. The molecular formula is C23H27F3N2O4S. The third-order valence-corrected chi connectivity index (χ3v) is 7.76. The van der Waals surface area contributed by atoms with Crippen LogP contribution >= 0.6 is 0 Å². The molecule has 2 aromatic rings. The van der Waals surface area contributed by atoms with E-state index in [1.165, 1.54) is 0 Å². The Morgan fingerprint density at radius 1 is 1.15 bits per heavy atom. The van der Waals surface area contributed by atoms with Crippen molar-refractivity contribution in [1.29, 1.82) is 0 Å². The van der Waals surface area contributed by atoms with Crippen LogP contribution in [-0.2, 0) is 21.0 Å². The molecule has 0 spiro atoms. The third kappa shape index (κ3) is 5.86. The summed E-state index contributed by atoms with van der Waals surface area (Å²) in [4.78, 5) is 12.4. The van der Waals surface area contributed by atoms with E-state index in [1.54, 1.807) is 7.11 Å². The van der Waals surface area contributed by atoms with Crippen LogP contribution in [0.15, 0.2) is 53.4 Å². The largest absolute Gasteiger partial charge is 0.497 e. The molecule has 1 N–H and O–H groups in total. The molecule has 0 radical (unpaired) electrons. The zero-order chi connectivity index (χ0) is 24.2. The van der Waals surface area contributed by atoms with Gasteiger partial charge < -0.3 is 10.1 Å². The molecule has 0 saturated carbocycles. The zero-order valence-electron chi connectivity index (χ0n) is 18.4. The van der Waals surface area contributed by atoms with Gasteiger partial charge in [-0.3, -0.25) is 4.79 Å². The van der Waals surface area contributed by atoms with Crippen molar-refractivity contribution in [2.75, 3.05) is 20.2 Å². The minimum atomic E-state index is -4.63. The summed E-state index contributed by atoms with van der Waals surface area (Å²) in [6.07, 6.45) is -3.36. The molecule has 1 aliphatic rings. The second kappa shape index (κ2) is 10.1. The Morgan fingerprint density at radius 2 is 1.79 bits per heavy atom. The number of carbonyl (C=O) groups excluding carboxylic acids is 1. The van der Waals surface area contributed by atoms with Gasteiger partial charge in [0.05, 0.1) is 23.6 Å². The molecule has 0 bridgehead atoms. The molecule has 6 nitrogen and oxygen atoms in total. The topological polar surface area (TPSA) is 75.7 Å². The number of sulfonamides is 1. The van der Waals surface area contributed by atoms with Gasteiger partial charge in [-0.1, -0.05) is 25.1 Å². The van der Waals surface area contributed by atoms with Gasteiger partial charge in [0.15, 0.2) is 0 Å². The molecule has 1 amide bonds. The lowest BCUT2D eigenvalue weighted by atomic mass is 9.95. The predicted octanol–water partition coefficient (Wildman–Crippen LogP) is 4.38. The van der Waals surface area contributed by atoms with Crippen LogP contribution in [0.2, 0.25) is 0 Å². The van der Waals surface area contributed by atoms with Gasteiger partial charge in [0, 0.05) is 19.0 Å². The number of rotatable bonds is 7. The van der Waals surface area contributed by atoms with Crippen LogP contribution < -0.4 is 10.1 Å². The summed E-state index contributed by atoms with van der Waals surface area (Å²) in [5.41, 5.74) is -0.0711. The molecule has 1 unspecified atom stereocenters. The molecule has 0 aromatic heterocycles. The standard InChI is InChI=1S/C23H27F3N2O4S/c1-3-21(16-7-9-19(32-2)10-8-16)27-22(29)17-11-13-28(14-12-17)33(30,31)20-6-4-5-18(15-20)23(24,25)26/h4-10,15,17,21H,3,11-14H2,1-2H3,(H,27,29). The lowest BCUT2D eigenvalue weighted by molar-refractivity contribution is -0.137. The van der Waals surface area contributed by atoms with Gasteiger partial charge >= 0.3 is 6.18 Å². The van der Waals surface area contributed by atoms with Crippen LogP contribution in [0.1, 0.15) is 43.4 Å². The number of ether oxygens (including phenoxy) is 1. The number of halogens is 3. The minimum absolute atomic E-state index is 0.0655. The molecule has 0 aliphatic carbocycles. The fraction of sp³-hybridized carbons (Fsp3) is 0.435. The van der Waals surface area contributed by atoms with Gasteiger partial charge in [-0.15, -0.1) is 0 Å². The molecule has 1 heterocycles. The molecule has 1 aliphatic heterocycles. The molecule has 10 heteroatoms. The fourth-order valence-corrected chi connectivity index (χ4v) is 5.40. The number of amides is 1. The monoisotopic (exact) mass is 484 g/mol. The first-order valence-corrected chi connectivity index (χ1v) is 12.1. The average molecular weight is 485 g/mol. The van der Waals surface area contributed by atoms with Crippen molar-refractivity contribution in [1.82, 2.24) is 9.62 Å². The Hall–Kier alpha value is -2.59. The van der Waals surface area contributed by atoms with Crippen LogP contribution in [0.25, 0.3) is 0 Å². The fourth-order valence-electron chi connectivity index (χ4n) is 3.89. The molecule has 3 rings (SSSR count). The van der Waals surface area contributed by atoms with Crippen molar-refractivity contribution in [2.24, 2.45) is 5.92 Å². The first-order chi connectivity index (χ1) is 15.6. The Labute approximate surface area is 191 Å². The highest BCUT2D eigenvalue weighted by Crippen LogP contribution is 2.32. The number of benzene rings is 2. The maximum Gasteiger partial charge on any atom is 0.416 e. The number of carbonyl (C=O) groups is 1. The average Bonchev–Trinajstić information content (AvgIpc) is 2.82. The highest BCUT2D eigenvalue weighted by Gasteiger charge is 2.35. The van der Waals surface area contributed by atoms with Crippen molar-refractivity contribution in [3.8, 4) is 5.75 Å². The number of hydrogen-bond acceptors (Lipinski definition) is 4. The Kier molecular flexibility index (Phi) is 7.69. The first kappa shape index (κ1) is 25.0. The molecule has 1 saturated heterocycles. The lowest BCUT2D eigenvalue weighted by Gasteiger charge is -2.31. The van der Waals surface area contributed by atoms with Gasteiger partial charge in [-0.2, -0.15) is 17.5 Å². The number of methoxy groups -OCH3 is 1. The minimum Gasteiger partial charge on any atom is -0.497 e.